The average Bonchev–Trinajstić information content (AvgIpc) is 2.65. The number of halogens is 2. The summed E-state index contributed by atoms with van der Waals surface area (Å²) in [5, 5.41) is 3.02. The van der Waals surface area contributed by atoms with E-state index in [0.717, 1.165) is 22.1 Å². The van der Waals surface area contributed by atoms with E-state index in [1.807, 2.05) is 36.7 Å². The van der Waals surface area contributed by atoms with E-state index in [2.05, 4.69) is 10.3 Å². The second-order valence-electron chi connectivity index (χ2n) is 3.44. The predicted octanol–water partition coefficient (Wildman–Crippen LogP) is 1.23. The molecule has 76 valence electrons. The number of guanidine groups is 1. The molecule has 0 amide bonds. The molecule has 15 heavy (non-hydrogen) atoms. The van der Waals surface area contributed by atoms with Crippen molar-refractivity contribution < 1.29 is 4.90 Å². The van der Waals surface area contributed by atoms with Crippen molar-refractivity contribution in [1.82, 2.24) is 5.32 Å². The van der Waals surface area contributed by atoms with Crippen molar-refractivity contribution in [3.05, 3.63) is 42.2 Å². The number of quaternary nitrogens is 1. The molecule has 2 heterocycles. The Hall–Kier alpha value is -1.03. The summed E-state index contributed by atoms with van der Waals surface area (Å²) in [4.78, 5) is 5.30. The minimum atomic E-state index is -1.19. The Morgan fingerprint density at radius 3 is 2.93 bits per heavy atom. The van der Waals surface area contributed by atoms with Crippen LogP contribution in [-0.4, -0.2) is 5.96 Å². The van der Waals surface area contributed by atoms with Gasteiger partial charge in [-0.05, 0) is 6.07 Å². The van der Waals surface area contributed by atoms with Crippen LogP contribution in [-0.2, 0) is 4.46 Å². The van der Waals surface area contributed by atoms with Crippen molar-refractivity contribution in [1.29, 1.82) is 0 Å². The van der Waals surface area contributed by atoms with Gasteiger partial charge in [0, 0.05) is 6.07 Å². The third kappa shape index (κ3) is 1.28. The summed E-state index contributed by atoms with van der Waals surface area (Å²) in [6.07, 6.45) is 3.81. The van der Waals surface area contributed by atoms with E-state index in [1.165, 1.54) is 0 Å². The lowest BCUT2D eigenvalue weighted by atomic mass is 10.1. The molecule has 0 aliphatic carbocycles. The van der Waals surface area contributed by atoms with Gasteiger partial charge in [0.15, 0.2) is 5.69 Å². The highest BCUT2D eigenvalue weighted by Crippen LogP contribution is 2.40. The molecule has 0 saturated carbocycles. The van der Waals surface area contributed by atoms with Crippen LogP contribution in [0.15, 0.2) is 41.7 Å². The average molecular weight is 241 g/mol. The van der Waals surface area contributed by atoms with Crippen molar-refractivity contribution in [2.45, 2.75) is 4.46 Å². The van der Waals surface area contributed by atoms with Gasteiger partial charge in [-0.25, -0.2) is 4.90 Å². The predicted molar refractivity (Wildman–Crippen MR) is 60.2 cm³/mol. The second-order valence-corrected chi connectivity index (χ2v) is 4.73. The summed E-state index contributed by atoms with van der Waals surface area (Å²) in [7, 11) is 0. The second kappa shape index (κ2) is 2.98. The molecule has 0 saturated heterocycles. The van der Waals surface area contributed by atoms with Crippen LogP contribution in [0.3, 0.4) is 0 Å². The van der Waals surface area contributed by atoms with Gasteiger partial charge in [-0.2, -0.15) is 4.99 Å². The highest BCUT2D eigenvalue weighted by molar-refractivity contribution is 6.48. The summed E-state index contributed by atoms with van der Waals surface area (Å²) < 4.78 is -1.19. The fourth-order valence-electron chi connectivity index (χ4n) is 1.85. The first-order valence-corrected chi connectivity index (χ1v) is 5.32. The number of aliphatic imine (C=N–C) groups is 1. The first kappa shape index (κ1) is 9.21. The molecular weight excluding hydrogens is 233 g/mol. The number of benzene rings is 1. The quantitative estimate of drug-likeness (QED) is 0.519. The van der Waals surface area contributed by atoms with Gasteiger partial charge in [-0.3, -0.25) is 5.32 Å². The van der Waals surface area contributed by atoms with Crippen LogP contribution < -0.4 is 10.2 Å². The van der Waals surface area contributed by atoms with Crippen molar-refractivity contribution in [3.8, 4) is 0 Å². The number of nitrogens with one attached hydrogen (secondary N) is 2. The molecule has 0 fully saturated rings. The van der Waals surface area contributed by atoms with E-state index in [4.69, 9.17) is 23.2 Å². The van der Waals surface area contributed by atoms with Crippen LogP contribution in [0.4, 0.5) is 5.69 Å². The molecule has 2 aliphatic heterocycles. The normalized spacial score (nSPS) is 25.2. The first-order chi connectivity index (χ1) is 7.18. The van der Waals surface area contributed by atoms with Crippen molar-refractivity contribution in [3.63, 3.8) is 0 Å². The lowest BCUT2D eigenvalue weighted by Gasteiger charge is -2.25. The van der Waals surface area contributed by atoms with Crippen LogP contribution in [0, 0.1) is 0 Å². The smallest absolute Gasteiger partial charge is 0.295 e. The van der Waals surface area contributed by atoms with Gasteiger partial charge < -0.3 is 0 Å². The maximum absolute atomic E-state index is 6.17. The van der Waals surface area contributed by atoms with E-state index in [0.29, 0.717) is 0 Å². The summed E-state index contributed by atoms with van der Waals surface area (Å²) >= 11 is 12.3. The fourth-order valence-corrected chi connectivity index (χ4v) is 2.35. The molecule has 1 unspecified atom stereocenters. The number of para-hydroxylation sites is 1. The van der Waals surface area contributed by atoms with Crippen molar-refractivity contribution in [2.75, 3.05) is 0 Å². The van der Waals surface area contributed by atoms with Crippen LogP contribution in [0.1, 0.15) is 5.56 Å². The standard InChI is InChI=1S/C10H7Cl2N3/c11-10(12)7-3-1-2-4-8(7)15-6-5-13-9(15)14-10/h1-6H,(H,13,14)/p+1. The Morgan fingerprint density at radius 2 is 2.07 bits per heavy atom. The van der Waals surface area contributed by atoms with Gasteiger partial charge in [0.1, 0.15) is 6.20 Å². The lowest BCUT2D eigenvalue weighted by Crippen LogP contribution is -3.06. The lowest BCUT2D eigenvalue weighted by molar-refractivity contribution is -0.666. The van der Waals surface area contributed by atoms with Gasteiger partial charge in [0.25, 0.3) is 0 Å². The minimum absolute atomic E-state index is 0.735. The summed E-state index contributed by atoms with van der Waals surface area (Å²) in [6, 6.07) is 7.77. The Bertz CT molecular complexity index is 479. The number of alkyl halides is 2. The largest absolute Gasteiger partial charge is 0.313 e. The molecule has 1 aromatic rings. The van der Waals surface area contributed by atoms with Gasteiger partial charge in [-0.15, -0.1) is 0 Å². The zero-order chi connectivity index (χ0) is 10.5. The SMILES string of the molecule is ClC1(Cl)N=C2NC=C[NH+]2c2ccccc21. The first-order valence-electron chi connectivity index (χ1n) is 4.56. The van der Waals surface area contributed by atoms with E-state index in [1.54, 1.807) is 0 Å². The number of fused-ring (bicyclic) bond motifs is 3. The van der Waals surface area contributed by atoms with Crippen molar-refractivity contribution >= 4 is 34.8 Å². The van der Waals surface area contributed by atoms with Crippen LogP contribution in [0.25, 0.3) is 0 Å². The summed E-state index contributed by atoms with van der Waals surface area (Å²) in [5.41, 5.74) is 1.87. The van der Waals surface area contributed by atoms with Crippen LogP contribution >= 0.6 is 23.2 Å². The number of hydrogen-bond acceptors (Lipinski definition) is 2. The topological polar surface area (TPSA) is 28.8 Å². The maximum Gasteiger partial charge on any atom is 0.313 e. The Morgan fingerprint density at radius 1 is 1.27 bits per heavy atom. The Balaban J connectivity index is 2.25. The van der Waals surface area contributed by atoms with Crippen molar-refractivity contribution in [2.24, 2.45) is 4.99 Å². The molecular formula is C10H8Cl2N3+. The molecule has 0 bridgehead atoms. The van der Waals surface area contributed by atoms with Crippen LogP contribution in [0.2, 0.25) is 0 Å². The molecule has 0 radical (unpaired) electrons. The maximum atomic E-state index is 6.17. The van der Waals surface area contributed by atoms with E-state index < -0.39 is 4.46 Å². The molecule has 3 nitrogen and oxygen atoms in total. The molecule has 2 N–H and O–H groups in total. The summed E-state index contributed by atoms with van der Waals surface area (Å²) in [6.45, 7) is 0. The molecule has 0 aromatic heterocycles. The molecule has 0 spiro atoms. The number of rotatable bonds is 0. The van der Waals surface area contributed by atoms with E-state index in [9.17, 15) is 0 Å². The molecule has 2 aliphatic rings. The highest BCUT2D eigenvalue weighted by Gasteiger charge is 2.41. The van der Waals surface area contributed by atoms with E-state index >= 15 is 0 Å². The van der Waals surface area contributed by atoms with Gasteiger partial charge >= 0.3 is 5.96 Å². The third-order valence-electron chi connectivity index (χ3n) is 2.52. The Kier molecular flexibility index (Phi) is 1.83. The third-order valence-corrected chi connectivity index (χ3v) is 3.09. The van der Waals surface area contributed by atoms with Gasteiger partial charge in [0.2, 0.25) is 4.46 Å². The van der Waals surface area contributed by atoms with Gasteiger partial charge in [-0.1, -0.05) is 35.3 Å². The summed E-state index contributed by atoms with van der Waals surface area (Å²) in [5.74, 6) is 0.735. The monoisotopic (exact) mass is 240 g/mol. The molecule has 1 atom stereocenters. The highest BCUT2D eigenvalue weighted by atomic mass is 35.5. The zero-order valence-electron chi connectivity index (χ0n) is 7.67. The Labute approximate surface area is 97.0 Å². The number of nitrogens with zero attached hydrogens (tertiary/aromatic N) is 1. The van der Waals surface area contributed by atoms with E-state index in [-0.39, 0.29) is 0 Å². The molecule has 3 rings (SSSR count). The molecule has 1 aromatic carbocycles. The number of hydrogen-bond donors (Lipinski definition) is 2. The van der Waals surface area contributed by atoms with Crippen LogP contribution in [0.5, 0.6) is 0 Å². The van der Waals surface area contributed by atoms with Gasteiger partial charge in [0.05, 0.1) is 11.8 Å². The zero-order valence-corrected chi connectivity index (χ0v) is 9.18. The fraction of sp³-hybridized carbons (Fsp3) is 0.100. The molecule has 5 heteroatoms. The minimum Gasteiger partial charge on any atom is -0.295 e.